The Morgan fingerprint density at radius 1 is 1.26 bits per heavy atom. The number of rotatable bonds is 2. The molecule has 0 bridgehead atoms. The first-order valence-electron chi connectivity index (χ1n) is 7.99. The second kappa shape index (κ2) is 5.31. The highest BCUT2D eigenvalue weighted by molar-refractivity contribution is 5.24. The molecule has 0 spiro atoms. The van der Waals surface area contributed by atoms with Crippen molar-refractivity contribution in [3.05, 3.63) is 11.6 Å². The molecule has 0 radical (unpaired) electrons. The zero-order valence-electron chi connectivity index (χ0n) is 13.2. The van der Waals surface area contributed by atoms with Gasteiger partial charge in [-0.3, -0.25) is 0 Å². The van der Waals surface area contributed by atoms with Gasteiger partial charge in [-0.2, -0.15) is 5.26 Å². The van der Waals surface area contributed by atoms with Crippen molar-refractivity contribution in [3.63, 3.8) is 0 Å². The molecule has 2 rings (SSSR count). The van der Waals surface area contributed by atoms with Gasteiger partial charge in [0.25, 0.3) is 0 Å². The second-order valence-electron chi connectivity index (χ2n) is 7.63. The van der Waals surface area contributed by atoms with E-state index in [0.717, 1.165) is 36.5 Å². The van der Waals surface area contributed by atoms with Crippen LogP contribution in [0.25, 0.3) is 0 Å². The predicted octanol–water partition coefficient (Wildman–Crippen LogP) is 5.19. The molecule has 19 heavy (non-hydrogen) atoms. The van der Waals surface area contributed by atoms with Crippen LogP contribution < -0.4 is 0 Å². The number of hydrogen-bond donors (Lipinski definition) is 0. The number of fused-ring (bicyclic) bond motifs is 1. The average molecular weight is 259 g/mol. The smallest absolute Gasteiger partial charge is 0.0659 e. The van der Waals surface area contributed by atoms with E-state index in [4.69, 9.17) is 0 Å². The molecule has 2 aliphatic carbocycles. The zero-order chi connectivity index (χ0) is 14.2. The molecule has 0 aromatic rings. The van der Waals surface area contributed by atoms with Gasteiger partial charge in [0, 0.05) is 0 Å². The first-order valence-corrected chi connectivity index (χ1v) is 7.99. The Kier molecular flexibility index (Phi) is 4.09. The molecule has 0 aromatic carbocycles. The van der Waals surface area contributed by atoms with Crippen LogP contribution in [0.3, 0.4) is 0 Å². The molecule has 1 nitrogen and oxygen atoms in total. The van der Waals surface area contributed by atoms with Crippen LogP contribution in [-0.4, -0.2) is 0 Å². The minimum atomic E-state index is 0.266. The minimum absolute atomic E-state index is 0.266. The molecule has 0 amide bonds. The van der Waals surface area contributed by atoms with Crippen LogP contribution in [0.5, 0.6) is 0 Å². The molecule has 0 aromatic heterocycles. The second-order valence-corrected chi connectivity index (χ2v) is 7.63. The van der Waals surface area contributed by atoms with Crippen LogP contribution in [0.2, 0.25) is 0 Å². The standard InChI is InChI=1S/C18H29N/c1-12(2)16-7-6-15-10-14(11-19)8-9-18(15,5)17(16)13(3)4/h6,12-14,16-17H,7-10H2,1-5H3. The lowest BCUT2D eigenvalue weighted by Gasteiger charge is -2.53. The molecular formula is C18H29N. The Morgan fingerprint density at radius 2 is 1.95 bits per heavy atom. The Labute approximate surface area is 119 Å². The molecule has 0 heterocycles. The van der Waals surface area contributed by atoms with Crippen LogP contribution >= 0.6 is 0 Å². The molecule has 4 unspecified atom stereocenters. The lowest BCUT2D eigenvalue weighted by molar-refractivity contribution is 0.0397. The van der Waals surface area contributed by atoms with E-state index < -0.39 is 0 Å². The summed E-state index contributed by atoms with van der Waals surface area (Å²) in [6.07, 6.45) is 7.05. The van der Waals surface area contributed by atoms with E-state index in [0.29, 0.717) is 5.41 Å². The predicted molar refractivity (Wildman–Crippen MR) is 80.4 cm³/mol. The van der Waals surface area contributed by atoms with Crippen molar-refractivity contribution in [2.45, 2.75) is 60.3 Å². The number of nitrogens with zero attached hydrogens (tertiary/aromatic N) is 1. The first kappa shape index (κ1) is 14.6. The normalized spacial score (nSPS) is 38.8. The van der Waals surface area contributed by atoms with E-state index in [1.165, 1.54) is 12.8 Å². The third-order valence-electron chi connectivity index (χ3n) is 5.80. The molecule has 1 fully saturated rings. The van der Waals surface area contributed by atoms with E-state index in [1.807, 2.05) is 0 Å². The summed E-state index contributed by atoms with van der Waals surface area (Å²) in [5, 5.41) is 9.20. The van der Waals surface area contributed by atoms with Crippen LogP contribution in [0, 0.1) is 46.3 Å². The monoisotopic (exact) mass is 259 g/mol. The first-order chi connectivity index (χ1) is 8.90. The third-order valence-corrected chi connectivity index (χ3v) is 5.80. The summed E-state index contributed by atoms with van der Waals surface area (Å²) in [5.41, 5.74) is 1.95. The lowest BCUT2D eigenvalue weighted by atomic mass is 9.51. The molecule has 0 saturated heterocycles. The summed E-state index contributed by atoms with van der Waals surface area (Å²) in [6.45, 7) is 12.0. The van der Waals surface area contributed by atoms with Crippen LogP contribution in [-0.2, 0) is 0 Å². The van der Waals surface area contributed by atoms with E-state index in [2.05, 4.69) is 46.8 Å². The van der Waals surface area contributed by atoms with Gasteiger partial charge in [-0.1, -0.05) is 46.3 Å². The maximum Gasteiger partial charge on any atom is 0.0659 e. The van der Waals surface area contributed by atoms with Crippen molar-refractivity contribution in [1.29, 1.82) is 5.26 Å². The van der Waals surface area contributed by atoms with E-state index in [1.54, 1.807) is 5.57 Å². The Hall–Kier alpha value is -0.770. The van der Waals surface area contributed by atoms with Gasteiger partial charge in [-0.25, -0.2) is 0 Å². The summed E-state index contributed by atoms with van der Waals surface area (Å²) >= 11 is 0. The summed E-state index contributed by atoms with van der Waals surface area (Å²) in [5.74, 6) is 3.36. The molecule has 1 heteroatoms. The van der Waals surface area contributed by atoms with Gasteiger partial charge in [0.05, 0.1) is 12.0 Å². The quantitative estimate of drug-likeness (QED) is 0.626. The highest BCUT2D eigenvalue weighted by Crippen LogP contribution is 2.57. The van der Waals surface area contributed by atoms with Gasteiger partial charge in [0.2, 0.25) is 0 Å². The molecule has 4 atom stereocenters. The van der Waals surface area contributed by atoms with Gasteiger partial charge in [0.1, 0.15) is 0 Å². The molecule has 1 saturated carbocycles. The fourth-order valence-corrected chi connectivity index (χ4v) is 4.86. The SMILES string of the molecule is CC(C)C1CC=C2CC(C#N)CCC2(C)C1C(C)C. The Bertz CT molecular complexity index is 398. The maximum absolute atomic E-state index is 9.20. The highest BCUT2D eigenvalue weighted by Gasteiger charge is 2.48. The largest absolute Gasteiger partial charge is 0.198 e. The topological polar surface area (TPSA) is 23.8 Å². The number of allylic oxidation sites excluding steroid dienone is 2. The van der Waals surface area contributed by atoms with E-state index >= 15 is 0 Å². The van der Waals surface area contributed by atoms with Crippen molar-refractivity contribution in [2.75, 3.05) is 0 Å². The summed E-state index contributed by atoms with van der Waals surface area (Å²) in [7, 11) is 0. The third kappa shape index (κ3) is 2.47. The highest BCUT2D eigenvalue weighted by atomic mass is 14.5. The molecule has 2 aliphatic rings. The van der Waals surface area contributed by atoms with E-state index in [-0.39, 0.29) is 5.92 Å². The Morgan fingerprint density at radius 3 is 2.47 bits per heavy atom. The molecule has 0 aliphatic heterocycles. The average Bonchev–Trinajstić information content (AvgIpc) is 2.35. The van der Waals surface area contributed by atoms with Gasteiger partial charge < -0.3 is 0 Å². The zero-order valence-corrected chi connectivity index (χ0v) is 13.2. The van der Waals surface area contributed by atoms with Gasteiger partial charge in [-0.05, 0) is 54.8 Å². The number of hydrogen-bond acceptors (Lipinski definition) is 1. The fourth-order valence-electron chi connectivity index (χ4n) is 4.86. The van der Waals surface area contributed by atoms with Crippen molar-refractivity contribution >= 4 is 0 Å². The van der Waals surface area contributed by atoms with Gasteiger partial charge >= 0.3 is 0 Å². The van der Waals surface area contributed by atoms with Gasteiger partial charge in [0.15, 0.2) is 0 Å². The van der Waals surface area contributed by atoms with Crippen molar-refractivity contribution in [2.24, 2.45) is 35.0 Å². The minimum Gasteiger partial charge on any atom is -0.198 e. The van der Waals surface area contributed by atoms with Gasteiger partial charge in [-0.15, -0.1) is 0 Å². The summed E-state index contributed by atoms with van der Waals surface area (Å²) in [4.78, 5) is 0. The lowest BCUT2D eigenvalue weighted by Crippen LogP contribution is -2.45. The molecule has 106 valence electrons. The fraction of sp³-hybridized carbons (Fsp3) is 0.833. The Balaban J connectivity index is 2.35. The van der Waals surface area contributed by atoms with Crippen molar-refractivity contribution in [1.82, 2.24) is 0 Å². The maximum atomic E-state index is 9.20. The summed E-state index contributed by atoms with van der Waals surface area (Å²) in [6, 6.07) is 2.49. The van der Waals surface area contributed by atoms with E-state index in [9.17, 15) is 5.26 Å². The van der Waals surface area contributed by atoms with Crippen LogP contribution in [0.15, 0.2) is 11.6 Å². The van der Waals surface area contributed by atoms with Crippen molar-refractivity contribution < 1.29 is 0 Å². The van der Waals surface area contributed by atoms with Crippen LogP contribution in [0.1, 0.15) is 60.3 Å². The molecule has 0 N–H and O–H groups in total. The summed E-state index contributed by atoms with van der Waals surface area (Å²) < 4.78 is 0. The molecular weight excluding hydrogens is 230 g/mol. The number of nitriles is 1. The van der Waals surface area contributed by atoms with Crippen LogP contribution in [0.4, 0.5) is 0 Å². The van der Waals surface area contributed by atoms with Crippen molar-refractivity contribution in [3.8, 4) is 6.07 Å².